The first kappa shape index (κ1) is 11.2. The van der Waals surface area contributed by atoms with Gasteiger partial charge in [0.15, 0.2) is 0 Å². The van der Waals surface area contributed by atoms with Crippen LogP contribution in [0.3, 0.4) is 0 Å². The summed E-state index contributed by atoms with van der Waals surface area (Å²) in [5.41, 5.74) is 1.47. The number of carbonyl (C=O) groups is 2. The van der Waals surface area contributed by atoms with E-state index in [1.165, 1.54) is 6.08 Å². The average molecular weight is 204 g/mol. The van der Waals surface area contributed by atoms with Crippen molar-refractivity contribution in [2.45, 2.75) is 6.92 Å². The van der Waals surface area contributed by atoms with Gasteiger partial charge in [-0.3, -0.25) is 4.79 Å². The van der Waals surface area contributed by atoms with Crippen LogP contribution in [0.2, 0.25) is 0 Å². The van der Waals surface area contributed by atoms with Crippen molar-refractivity contribution in [2.75, 3.05) is 6.61 Å². The zero-order valence-corrected chi connectivity index (χ0v) is 8.47. The summed E-state index contributed by atoms with van der Waals surface area (Å²) >= 11 is 0. The molecular formula is C12H12O3. The number of benzene rings is 1. The lowest BCUT2D eigenvalue weighted by molar-refractivity contribution is -0.137. The van der Waals surface area contributed by atoms with Crippen molar-refractivity contribution in [1.82, 2.24) is 0 Å². The molecule has 3 nitrogen and oxygen atoms in total. The van der Waals surface area contributed by atoms with Gasteiger partial charge in [-0.05, 0) is 18.6 Å². The van der Waals surface area contributed by atoms with Crippen LogP contribution in [0.1, 0.15) is 22.8 Å². The number of ether oxygens (including phenoxy) is 1. The summed E-state index contributed by atoms with van der Waals surface area (Å²) in [6.45, 7) is 2.12. The lowest BCUT2D eigenvalue weighted by Gasteiger charge is -1.95. The number of carbonyl (C=O) groups excluding carboxylic acids is 2. The van der Waals surface area contributed by atoms with E-state index in [2.05, 4.69) is 0 Å². The number of aldehydes is 1. The van der Waals surface area contributed by atoms with Crippen molar-refractivity contribution in [2.24, 2.45) is 0 Å². The van der Waals surface area contributed by atoms with E-state index in [4.69, 9.17) is 4.74 Å². The average Bonchev–Trinajstić information content (AvgIpc) is 2.27. The maximum absolute atomic E-state index is 11.0. The van der Waals surface area contributed by atoms with E-state index in [0.29, 0.717) is 12.2 Å². The van der Waals surface area contributed by atoms with Crippen LogP contribution in [0.5, 0.6) is 0 Å². The molecule has 0 spiro atoms. The number of hydrogen-bond donors (Lipinski definition) is 0. The van der Waals surface area contributed by atoms with Crippen LogP contribution in [0.4, 0.5) is 0 Å². The molecule has 0 aromatic heterocycles. The monoisotopic (exact) mass is 204 g/mol. The minimum Gasteiger partial charge on any atom is -0.463 e. The Hall–Kier alpha value is -1.90. The van der Waals surface area contributed by atoms with E-state index in [1.54, 1.807) is 37.3 Å². The van der Waals surface area contributed by atoms with Crippen LogP contribution in [-0.2, 0) is 9.53 Å². The summed E-state index contributed by atoms with van der Waals surface area (Å²) in [6, 6.07) is 6.91. The summed E-state index contributed by atoms with van der Waals surface area (Å²) in [6.07, 6.45) is 3.78. The van der Waals surface area contributed by atoms with Crippen molar-refractivity contribution in [1.29, 1.82) is 0 Å². The summed E-state index contributed by atoms with van der Waals surface area (Å²) in [4.78, 5) is 21.4. The van der Waals surface area contributed by atoms with Crippen molar-refractivity contribution < 1.29 is 14.3 Å². The first-order valence-corrected chi connectivity index (χ1v) is 4.66. The van der Waals surface area contributed by atoms with Crippen molar-refractivity contribution >= 4 is 18.3 Å². The van der Waals surface area contributed by atoms with Crippen LogP contribution in [0, 0.1) is 0 Å². The lowest BCUT2D eigenvalue weighted by atomic mass is 10.1. The topological polar surface area (TPSA) is 43.4 Å². The molecule has 3 heteroatoms. The van der Waals surface area contributed by atoms with Gasteiger partial charge in [0, 0.05) is 11.6 Å². The van der Waals surface area contributed by atoms with Gasteiger partial charge in [0.05, 0.1) is 6.61 Å². The lowest BCUT2D eigenvalue weighted by Crippen LogP contribution is -1.98. The van der Waals surface area contributed by atoms with E-state index in [0.717, 1.165) is 11.8 Å². The highest BCUT2D eigenvalue weighted by molar-refractivity contribution is 5.87. The second kappa shape index (κ2) is 5.75. The molecule has 1 aromatic carbocycles. The summed E-state index contributed by atoms with van der Waals surface area (Å²) in [5.74, 6) is -0.364. The smallest absolute Gasteiger partial charge is 0.330 e. The molecule has 1 aromatic rings. The summed E-state index contributed by atoms with van der Waals surface area (Å²) in [5, 5.41) is 0. The maximum Gasteiger partial charge on any atom is 0.330 e. The largest absolute Gasteiger partial charge is 0.463 e. The van der Waals surface area contributed by atoms with Gasteiger partial charge in [-0.15, -0.1) is 0 Å². The van der Waals surface area contributed by atoms with Gasteiger partial charge < -0.3 is 4.74 Å². The fourth-order valence-electron chi connectivity index (χ4n) is 1.04. The highest BCUT2D eigenvalue weighted by Crippen LogP contribution is 2.04. The van der Waals surface area contributed by atoms with Gasteiger partial charge in [-0.25, -0.2) is 4.79 Å². The molecule has 1 rings (SSSR count). The third-order valence-electron chi connectivity index (χ3n) is 1.77. The molecular weight excluding hydrogens is 192 g/mol. The Morgan fingerprint density at radius 3 is 2.40 bits per heavy atom. The van der Waals surface area contributed by atoms with Gasteiger partial charge in [0.1, 0.15) is 6.29 Å². The molecule has 0 fully saturated rings. The Balaban J connectivity index is 2.64. The fourth-order valence-corrected chi connectivity index (χ4v) is 1.04. The standard InChI is InChI=1S/C12H12O3/c1-2-15-12(14)8-7-10-3-5-11(9-13)6-4-10/h3-9H,2H2,1H3/b8-7-. The Morgan fingerprint density at radius 2 is 1.87 bits per heavy atom. The van der Waals surface area contributed by atoms with Crippen molar-refractivity contribution in [3.8, 4) is 0 Å². The molecule has 15 heavy (non-hydrogen) atoms. The Labute approximate surface area is 88.4 Å². The molecule has 0 aliphatic heterocycles. The molecule has 0 amide bonds. The SMILES string of the molecule is CCOC(=O)/C=C\c1ccc(C=O)cc1. The maximum atomic E-state index is 11.0. The molecule has 0 atom stereocenters. The Bertz CT molecular complexity index is 363. The molecule has 0 saturated carbocycles. The highest BCUT2D eigenvalue weighted by Gasteiger charge is 1.94. The van der Waals surface area contributed by atoms with Crippen molar-refractivity contribution in [3.63, 3.8) is 0 Å². The van der Waals surface area contributed by atoms with E-state index in [-0.39, 0.29) is 5.97 Å². The zero-order valence-electron chi connectivity index (χ0n) is 8.47. The molecule has 0 unspecified atom stereocenters. The van der Waals surface area contributed by atoms with Crippen LogP contribution >= 0.6 is 0 Å². The first-order chi connectivity index (χ1) is 7.26. The minimum absolute atomic E-state index is 0.364. The van der Waals surface area contributed by atoms with Crippen LogP contribution < -0.4 is 0 Å². The van der Waals surface area contributed by atoms with Gasteiger partial charge in [-0.1, -0.05) is 24.3 Å². The van der Waals surface area contributed by atoms with E-state index in [9.17, 15) is 9.59 Å². The molecule has 0 aliphatic carbocycles. The van der Waals surface area contributed by atoms with Gasteiger partial charge in [-0.2, -0.15) is 0 Å². The quantitative estimate of drug-likeness (QED) is 0.428. The molecule has 0 radical (unpaired) electrons. The summed E-state index contributed by atoms with van der Waals surface area (Å²) < 4.78 is 4.73. The third kappa shape index (κ3) is 3.77. The van der Waals surface area contributed by atoms with Crippen LogP contribution in [0.15, 0.2) is 30.3 Å². The number of rotatable bonds is 4. The Kier molecular flexibility index (Phi) is 4.29. The third-order valence-corrected chi connectivity index (χ3v) is 1.77. The zero-order chi connectivity index (χ0) is 11.1. The minimum atomic E-state index is -0.364. The van der Waals surface area contributed by atoms with E-state index < -0.39 is 0 Å². The fraction of sp³-hybridized carbons (Fsp3) is 0.167. The second-order valence-corrected chi connectivity index (χ2v) is 2.87. The number of esters is 1. The molecule has 78 valence electrons. The molecule has 0 saturated heterocycles. The Morgan fingerprint density at radius 1 is 1.27 bits per heavy atom. The van der Waals surface area contributed by atoms with Gasteiger partial charge in [0.2, 0.25) is 0 Å². The molecule has 0 bridgehead atoms. The van der Waals surface area contributed by atoms with Crippen LogP contribution in [-0.4, -0.2) is 18.9 Å². The van der Waals surface area contributed by atoms with E-state index >= 15 is 0 Å². The number of hydrogen-bond acceptors (Lipinski definition) is 3. The predicted molar refractivity (Wildman–Crippen MR) is 57.5 cm³/mol. The molecule has 0 N–H and O–H groups in total. The highest BCUT2D eigenvalue weighted by atomic mass is 16.5. The summed E-state index contributed by atoms with van der Waals surface area (Å²) in [7, 11) is 0. The van der Waals surface area contributed by atoms with Gasteiger partial charge in [0.25, 0.3) is 0 Å². The first-order valence-electron chi connectivity index (χ1n) is 4.66. The van der Waals surface area contributed by atoms with Crippen LogP contribution in [0.25, 0.3) is 6.08 Å². The second-order valence-electron chi connectivity index (χ2n) is 2.87. The predicted octanol–water partition coefficient (Wildman–Crippen LogP) is 2.08. The van der Waals surface area contributed by atoms with Crippen molar-refractivity contribution in [3.05, 3.63) is 41.5 Å². The molecule has 0 heterocycles. The van der Waals surface area contributed by atoms with Gasteiger partial charge >= 0.3 is 5.97 Å². The molecule has 0 aliphatic rings. The normalized spacial score (nSPS) is 10.2. The van der Waals surface area contributed by atoms with E-state index in [1.807, 2.05) is 0 Å².